The summed E-state index contributed by atoms with van der Waals surface area (Å²) in [6, 6.07) is 12.7. The molecule has 0 saturated heterocycles. The zero-order valence-electron chi connectivity index (χ0n) is 13.9. The molecule has 2 aromatic heterocycles. The van der Waals surface area contributed by atoms with Gasteiger partial charge in [-0.25, -0.2) is 0 Å². The number of aryl methyl sites for hydroxylation is 1. The lowest BCUT2D eigenvalue weighted by atomic mass is 10.00. The minimum atomic E-state index is 0.899. The van der Waals surface area contributed by atoms with Gasteiger partial charge in [-0.05, 0) is 55.9 Å². The number of hydrogen-bond donors (Lipinski definition) is 0. The predicted molar refractivity (Wildman–Crippen MR) is 94.2 cm³/mol. The lowest BCUT2D eigenvalue weighted by molar-refractivity contribution is 0.373. The molecule has 23 heavy (non-hydrogen) atoms. The number of pyridine rings is 1. The Labute approximate surface area is 137 Å². The van der Waals surface area contributed by atoms with Crippen LogP contribution in [0.1, 0.15) is 5.56 Å². The Bertz CT molecular complexity index is 789. The van der Waals surface area contributed by atoms with E-state index in [4.69, 9.17) is 0 Å². The lowest BCUT2D eigenvalue weighted by Crippen LogP contribution is -2.18. The molecular weight excluding hydrogens is 284 g/mol. The van der Waals surface area contributed by atoms with Crippen molar-refractivity contribution in [3.8, 4) is 22.4 Å². The van der Waals surface area contributed by atoms with E-state index in [1.807, 2.05) is 23.3 Å². The molecule has 3 aromatic rings. The molecule has 118 valence electrons. The van der Waals surface area contributed by atoms with Gasteiger partial charge in [0.05, 0.1) is 12.2 Å². The van der Waals surface area contributed by atoms with E-state index in [2.05, 4.69) is 72.4 Å². The van der Waals surface area contributed by atoms with Crippen molar-refractivity contribution in [1.29, 1.82) is 0 Å². The van der Waals surface area contributed by atoms with Crippen LogP contribution in [0.2, 0.25) is 0 Å². The number of likely N-dealkylation sites (N-methyl/N-ethyl adjacent to an activating group) is 1. The quantitative estimate of drug-likeness (QED) is 0.723. The molecule has 1 aromatic carbocycles. The lowest BCUT2D eigenvalue weighted by Gasteiger charge is -2.09. The fraction of sp³-hybridized carbons (Fsp3) is 0.263. The van der Waals surface area contributed by atoms with Crippen LogP contribution in [-0.4, -0.2) is 40.3 Å². The second-order valence-electron chi connectivity index (χ2n) is 6.04. The fourth-order valence-electron chi connectivity index (χ4n) is 2.59. The van der Waals surface area contributed by atoms with Gasteiger partial charge in [-0.2, -0.15) is 5.10 Å². The normalized spacial score (nSPS) is 11.1. The molecular formula is C19H22N4. The van der Waals surface area contributed by atoms with Crippen molar-refractivity contribution in [3.05, 3.63) is 60.6 Å². The Morgan fingerprint density at radius 3 is 2.70 bits per heavy atom. The zero-order valence-corrected chi connectivity index (χ0v) is 13.9. The molecule has 0 bridgehead atoms. The second kappa shape index (κ2) is 6.75. The van der Waals surface area contributed by atoms with Gasteiger partial charge in [0.25, 0.3) is 0 Å². The first-order valence-corrected chi connectivity index (χ1v) is 7.83. The summed E-state index contributed by atoms with van der Waals surface area (Å²) in [6.45, 7) is 3.97. The van der Waals surface area contributed by atoms with Gasteiger partial charge < -0.3 is 4.90 Å². The van der Waals surface area contributed by atoms with Gasteiger partial charge in [-0.1, -0.05) is 18.2 Å². The van der Waals surface area contributed by atoms with Gasteiger partial charge >= 0.3 is 0 Å². The molecule has 3 rings (SSSR count). The summed E-state index contributed by atoms with van der Waals surface area (Å²) in [5, 5.41) is 4.69. The fourth-order valence-corrected chi connectivity index (χ4v) is 2.59. The molecule has 0 N–H and O–H groups in total. The summed E-state index contributed by atoms with van der Waals surface area (Å²) in [5.41, 5.74) is 5.75. The van der Waals surface area contributed by atoms with E-state index < -0.39 is 0 Å². The van der Waals surface area contributed by atoms with Crippen LogP contribution in [0.3, 0.4) is 0 Å². The Hall–Kier alpha value is -2.46. The van der Waals surface area contributed by atoms with Gasteiger partial charge in [0.2, 0.25) is 0 Å². The molecule has 0 atom stereocenters. The maximum absolute atomic E-state index is 4.69. The van der Waals surface area contributed by atoms with Gasteiger partial charge in [0.1, 0.15) is 0 Å². The molecule has 0 amide bonds. The molecule has 0 fully saturated rings. The number of nitrogens with zero attached hydrogens (tertiary/aromatic N) is 4. The minimum absolute atomic E-state index is 0.899. The SMILES string of the molecule is Cc1cnccc1-c1cccc(-c2ccn(CCN(C)C)n2)c1. The third-order valence-corrected chi connectivity index (χ3v) is 3.91. The van der Waals surface area contributed by atoms with Crippen molar-refractivity contribution < 1.29 is 0 Å². The average molecular weight is 306 g/mol. The van der Waals surface area contributed by atoms with E-state index >= 15 is 0 Å². The summed E-state index contributed by atoms with van der Waals surface area (Å²) in [4.78, 5) is 6.33. The molecule has 0 radical (unpaired) electrons. The highest BCUT2D eigenvalue weighted by molar-refractivity contribution is 5.72. The summed E-state index contributed by atoms with van der Waals surface area (Å²) in [5.74, 6) is 0. The van der Waals surface area contributed by atoms with Crippen molar-refractivity contribution in [3.63, 3.8) is 0 Å². The number of aromatic nitrogens is 3. The van der Waals surface area contributed by atoms with Crippen LogP contribution < -0.4 is 0 Å². The highest BCUT2D eigenvalue weighted by Gasteiger charge is 2.06. The van der Waals surface area contributed by atoms with Crippen LogP contribution >= 0.6 is 0 Å². The van der Waals surface area contributed by atoms with Crippen LogP contribution in [0, 0.1) is 6.92 Å². The van der Waals surface area contributed by atoms with E-state index in [0.717, 1.165) is 24.3 Å². The third-order valence-electron chi connectivity index (χ3n) is 3.91. The predicted octanol–water partition coefficient (Wildman–Crippen LogP) is 3.48. The first-order valence-electron chi connectivity index (χ1n) is 7.83. The first kappa shape index (κ1) is 15.4. The van der Waals surface area contributed by atoms with E-state index in [0.29, 0.717) is 0 Å². The van der Waals surface area contributed by atoms with Crippen molar-refractivity contribution in [2.24, 2.45) is 0 Å². The van der Waals surface area contributed by atoms with Crippen LogP contribution in [0.5, 0.6) is 0 Å². The molecule has 0 saturated carbocycles. The van der Waals surface area contributed by atoms with E-state index in [9.17, 15) is 0 Å². The zero-order chi connectivity index (χ0) is 16.2. The van der Waals surface area contributed by atoms with Gasteiger partial charge in [-0.3, -0.25) is 9.67 Å². The second-order valence-corrected chi connectivity index (χ2v) is 6.04. The minimum Gasteiger partial charge on any atom is -0.308 e. The van der Waals surface area contributed by atoms with Gasteiger partial charge in [0.15, 0.2) is 0 Å². The standard InChI is InChI=1S/C19H22N4/c1-15-14-20-9-7-18(15)16-5-4-6-17(13-16)19-8-10-23(21-19)12-11-22(2)3/h4-10,13-14H,11-12H2,1-3H3. The molecule has 4 heteroatoms. The number of rotatable bonds is 5. The molecule has 0 aliphatic heterocycles. The summed E-state index contributed by atoms with van der Waals surface area (Å²) < 4.78 is 2.00. The third kappa shape index (κ3) is 3.66. The molecule has 0 spiro atoms. The molecule has 0 aliphatic carbocycles. The smallest absolute Gasteiger partial charge is 0.0923 e. The molecule has 2 heterocycles. The largest absolute Gasteiger partial charge is 0.308 e. The Balaban J connectivity index is 1.87. The van der Waals surface area contributed by atoms with Gasteiger partial charge in [0, 0.05) is 30.7 Å². The van der Waals surface area contributed by atoms with Crippen molar-refractivity contribution in [2.45, 2.75) is 13.5 Å². The van der Waals surface area contributed by atoms with Crippen molar-refractivity contribution in [1.82, 2.24) is 19.7 Å². The molecule has 4 nitrogen and oxygen atoms in total. The van der Waals surface area contributed by atoms with Crippen LogP contribution in [0.25, 0.3) is 22.4 Å². The topological polar surface area (TPSA) is 34.0 Å². The maximum Gasteiger partial charge on any atom is 0.0923 e. The van der Waals surface area contributed by atoms with Crippen LogP contribution in [-0.2, 0) is 6.54 Å². The van der Waals surface area contributed by atoms with Crippen molar-refractivity contribution >= 4 is 0 Å². The van der Waals surface area contributed by atoms with E-state index in [1.54, 1.807) is 0 Å². The number of hydrogen-bond acceptors (Lipinski definition) is 3. The van der Waals surface area contributed by atoms with Gasteiger partial charge in [-0.15, -0.1) is 0 Å². The summed E-state index contributed by atoms with van der Waals surface area (Å²) >= 11 is 0. The monoisotopic (exact) mass is 306 g/mol. The highest BCUT2D eigenvalue weighted by Crippen LogP contribution is 2.27. The average Bonchev–Trinajstić information content (AvgIpc) is 3.02. The Kier molecular flexibility index (Phi) is 4.53. The summed E-state index contributed by atoms with van der Waals surface area (Å²) in [7, 11) is 4.15. The maximum atomic E-state index is 4.69. The molecule has 0 unspecified atom stereocenters. The first-order chi connectivity index (χ1) is 11.1. The van der Waals surface area contributed by atoms with E-state index in [-0.39, 0.29) is 0 Å². The highest BCUT2D eigenvalue weighted by atomic mass is 15.3. The van der Waals surface area contributed by atoms with E-state index in [1.165, 1.54) is 16.7 Å². The Morgan fingerprint density at radius 1 is 1.09 bits per heavy atom. The van der Waals surface area contributed by atoms with Crippen LogP contribution in [0.15, 0.2) is 55.0 Å². The van der Waals surface area contributed by atoms with Crippen molar-refractivity contribution in [2.75, 3.05) is 20.6 Å². The Morgan fingerprint density at radius 2 is 1.91 bits per heavy atom. The molecule has 0 aliphatic rings. The van der Waals surface area contributed by atoms with Crippen LogP contribution in [0.4, 0.5) is 0 Å². The number of benzene rings is 1. The summed E-state index contributed by atoms with van der Waals surface area (Å²) in [6.07, 6.45) is 5.78.